The molecule has 0 spiro atoms. The van der Waals surface area contributed by atoms with Crippen molar-refractivity contribution >= 4 is 11.3 Å². The second-order valence-electron chi connectivity index (χ2n) is 6.23. The summed E-state index contributed by atoms with van der Waals surface area (Å²) in [7, 11) is 0. The van der Waals surface area contributed by atoms with Crippen LogP contribution in [-0.4, -0.2) is 29.1 Å². The molecule has 132 valence electrons. The molecule has 0 bridgehead atoms. The Kier molecular flexibility index (Phi) is 7.06. The molecule has 1 N–H and O–H groups in total. The Hall–Kier alpha value is -1.59. The molecule has 0 unspecified atom stereocenters. The molecule has 1 aromatic heterocycles. The molecule has 0 amide bonds. The molecule has 0 aliphatic carbocycles. The van der Waals surface area contributed by atoms with Crippen LogP contribution >= 0.6 is 11.3 Å². The third kappa shape index (κ3) is 5.21. The van der Waals surface area contributed by atoms with Gasteiger partial charge in [-0.15, -0.1) is 0 Å². The molecule has 0 radical (unpaired) electrons. The van der Waals surface area contributed by atoms with Gasteiger partial charge in [0.15, 0.2) is 0 Å². The van der Waals surface area contributed by atoms with Gasteiger partial charge < -0.3 is 9.72 Å². The molecule has 0 saturated carbocycles. The summed E-state index contributed by atoms with van der Waals surface area (Å²) < 4.78 is 5.69. The zero-order valence-corrected chi connectivity index (χ0v) is 15.9. The highest BCUT2D eigenvalue weighted by Crippen LogP contribution is 2.26. The van der Waals surface area contributed by atoms with E-state index < -0.39 is 0 Å². The van der Waals surface area contributed by atoms with Crippen molar-refractivity contribution in [3.05, 3.63) is 38.8 Å². The molecule has 1 heterocycles. The van der Waals surface area contributed by atoms with Crippen molar-refractivity contribution in [3.8, 4) is 17.0 Å². The number of hydrogen-bond acceptors (Lipinski definition) is 4. The van der Waals surface area contributed by atoms with Gasteiger partial charge in [-0.1, -0.05) is 31.6 Å². The van der Waals surface area contributed by atoms with Gasteiger partial charge in [-0.2, -0.15) is 0 Å². The summed E-state index contributed by atoms with van der Waals surface area (Å²) in [5.41, 5.74) is 1.97. The van der Waals surface area contributed by atoms with Crippen LogP contribution in [0.1, 0.15) is 45.4 Å². The van der Waals surface area contributed by atoms with Crippen LogP contribution in [0.2, 0.25) is 0 Å². The Morgan fingerprint density at radius 2 is 1.92 bits per heavy atom. The lowest BCUT2D eigenvalue weighted by Crippen LogP contribution is -2.23. The maximum atomic E-state index is 11.9. The van der Waals surface area contributed by atoms with E-state index in [0.717, 1.165) is 41.5 Å². The Bertz CT molecular complexity index is 673. The molecule has 2 aromatic rings. The summed E-state index contributed by atoms with van der Waals surface area (Å²) in [6, 6.07) is 7.95. The zero-order valence-electron chi connectivity index (χ0n) is 15.1. The number of unbranched alkanes of at least 4 members (excludes halogenated alkanes) is 1. The molecule has 2 rings (SSSR count). The van der Waals surface area contributed by atoms with E-state index in [4.69, 9.17) is 4.74 Å². The predicted octanol–water partition coefficient (Wildman–Crippen LogP) is 4.51. The minimum atomic E-state index is 0.00838. The molecular formula is C19H28N2O2S. The first-order chi connectivity index (χ1) is 11.5. The quantitative estimate of drug-likeness (QED) is 0.725. The molecular weight excluding hydrogens is 320 g/mol. The SMILES string of the molecule is CCCCN(CC)Cc1sc(=O)[nH]c1-c1ccc(OC(C)C)cc1. The number of nitrogens with one attached hydrogen (secondary N) is 1. The van der Waals surface area contributed by atoms with Crippen LogP contribution in [-0.2, 0) is 6.54 Å². The second-order valence-corrected chi connectivity index (χ2v) is 7.29. The molecule has 0 aliphatic rings. The molecule has 0 aliphatic heterocycles. The largest absolute Gasteiger partial charge is 0.491 e. The Balaban J connectivity index is 2.20. The lowest BCUT2D eigenvalue weighted by Gasteiger charge is -2.19. The van der Waals surface area contributed by atoms with E-state index in [1.807, 2.05) is 38.1 Å². The number of benzene rings is 1. The van der Waals surface area contributed by atoms with E-state index in [-0.39, 0.29) is 11.0 Å². The van der Waals surface area contributed by atoms with Crippen LogP contribution in [0.3, 0.4) is 0 Å². The molecule has 0 fully saturated rings. The fourth-order valence-electron chi connectivity index (χ4n) is 2.61. The first-order valence-electron chi connectivity index (χ1n) is 8.74. The molecule has 1 aromatic carbocycles. The van der Waals surface area contributed by atoms with Gasteiger partial charge in [0, 0.05) is 11.4 Å². The van der Waals surface area contributed by atoms with Crippen LogP contribution in [0, 0.1) is 0 Å². The Morgan fingerprint density at radius 3 is 2.50 bits per heavy atom. The zero-order chi connectivity index (χ0) is 17.5. The van der Waals surface area contributed by atoms with Crippen LogP contribution in [0.25, 0.3) is 11.3 Å². The Morgan fingerprint density at radius 1 is 1.21 bits per heavy atom. The predicted molar refractivity (Wildman–Crippen MR) is 102 cm³/mol. The third-order valence-corrected chi connectivity index (χ3v) is 4.75. The lowest BCUT2D eigenvalue weighted by molar-refractivity contribution is 0.242. The molecule has 0 saturated heterocycles. The van der Waals surface area contributed by atoms with Crippen molar-refractivity contribution in [1.82, 2.24) is 9.88 Å². The Labute approximate surface area is 148 Å². The first kappa shape index (κ1) is 18.7. The van der Waals surface area contributed by atoms with E-state index in [2.05, 4.69) is 23.7 Å². The monoisotopic (exact) mass is 348 g/mol. The minimum absolute atomic E-state index is 0.00838. The average Bonchev–Trinajstić information content (AvgIpc) is 2.92. The van der Waals surface area contributed by atoms with Crippen molar-refractivity contribution in [1.29, 1.82) is 0 Å². The smallest absolute Gasteiger partial charge is 0.305 e. The van der Waals surface area contributed by atoms with Crippen molar-refractivity contribution in [3.63, 3.8) is 0 Å². The number of thiazole rings is 1. The van der Waals surface area contributed by atoms with Gasteiger partial charge in [-0.25, -0.2) is 0 Å². The van der Waals surface area contributed by atoms with E-state index in [0.29, 0.717) is 0 Å². The maximum absolute atomic E-state index is 11.9. The third-order valence-electron chi connectivity index (χ3n) is 3.88. The van der Waals surface area contributed by atoms with Crippen LogP contribution in [0.15, 0.2) is 29.1 Å². The second kappa shape index (κ2) is 9.04. The summed E-state index contributed by atoms with van der Waals surface area (Å²) >= 11 is 1.32. The van der Waals surface area contributed by atoms with Gasteiger partial charge >= 0.3 is 4.87 Å². The maximum Gasteiger partial charge on any atom is 0.305 e. The van der Waals surface area contributed by atoms with E-state index in [1.54, 1.807) is 0 Å². The van der Waals surface area contributed by atoms with Crippen molar-refractivity contribution in [2.45, 2.75) is 53.2 Å². The first-order valence-corrected chi connectivity index (χ1v) is 9.56. The number of H-pyrrole nitrogens is 1. The normalized spacial score (nSPS) is 11.4. The van der Waals surface area contributed by atoms with Gasteiger partial charge in [-0.3, -0.25) is 9.69 Å². The number of aromatic nitrogens is 1. The van der Waals surface area contributed by atoms with Crippen molar-refractivity contribution in [2.75, 3.05) is 13.1 Å². The highest BCUT2D eigenvalue weighted by Gasteiger charge is 2.13. The number of aromatic amines is 1. The fourth-order valence-corrected chi connectivity index (χ4v) is 3.51. The van der Waals surface area contributed by atoms with Crippen LogP contribution in [0.5, 0.6) is 5.75 Å². The number of ether oxygens (including phenoxy) is 1. The van der Waals surface area contributed by atoms with E-state index in [1.165, 1.54) is 24.2 Å². The van der Waals surface area contributed by atoms with Crippen molar-refractivity contribution < 1.29 is 4.74 Å². The highest BCUT2D eigenvalue weighted by molar-refractivity contribution is 7.09. The number of nitrogens with zero attached hydrogens (tertiary/aromatic N) is 1. The van der Waals surface area contributed by atoms with Gasteiger partial charge in [0.2, 0.25) is 0 Å². The number of rotatable bonds is 9. The molecule has 4 nitrogen and oxygen atoms in total. The van der Waals surface area contributed by atoms with Crippen LogP contribution < -0.4 is 9.61 Å². The van der Waals surface area contributed by atoms with Gasteiger partial charge in [-0.05, 0) is 63.2 Å². The summed E-state index contributed by atoms with van der Waals surface area (Å²) in [5.74, 6) is 0.853. The topological polar surface area (TPSA) is 45.3 Å². The molecule has 0 atom stereocenters. The van der Waals surface area contributed by atoms with E-state index in [9.17, 15) is 4.79 Å². The summed E-state index contributed by atoms with van der Waals surface area (Å²) in [4.78, 5) is 18.4. The standard InChI is InChI=1S/C19H28N2O2S/c1-5-7-12-21(6-2)13-17-18(20-19(22)24-17)15-8-10-16(11-9-15)23-14(3)4/h8-11,14H,5-7,12-13H2,1-4H3,(H,20,22). The fraction of sp³-hybridized carbons (Fsp3) is 0.526. The minimum Gasteiger partial charge on any atom is -0.491 e. The highest BCUT2D eigenvalue weighted by atomic mass is 32.1. The molecule has 5 heteroatoms. The van der Waals surface area contributed by atoms with Crippen LogP contribution in [0.4, 0.5) is 0 Å². The number of hydrogen-bond donors (Lipinski definition) is 1. The summed E-state index contributed by atoms with van der Waals surface area (Å²) in [5, 5.41) is 0. The van der Waals surface area contributed by atoms with Gasteiger partial charge in [0.1, 0.15) is 5.75 Å². The van der Waals surface area contributed by atoms with Gasteiger partial charge in [0.25, 0.3) is 0 Å². The van der Waals surface area contributed by atoms with Crippen molar-refractivity contribution in [2.24, 2.45) is 0 Å². The molecule has 24 heavy (non-hydrogen) atoms. The van der Waals surface area contributed by atoms with E-state index >= 15 is 0 Å². The van der Waals surface area contributed by atoms with Gasteiger partial charge in [0.05, 0.1) is 11.8 Å². The average molecular weight is 349 g/mol. The summed E-state index contributed by atoms with van der Waals surface area (Å²) in [6.45, 7) is 11.3. The summed E-state index contributed by atoms with van der Waals surface area (Å²) in [6.07, 6.45) is 2.53. The lowest BCUT2D eigenvalue weighted by atomic mass is 10.1.